The summed E-state index contributed by atoms with van der Waals surface area (Å²) in [5.74, 6) is -2.58. The molecule has 1 aliphatic heterocycles. The van der Waals surface area contributed by atoms with Crippen molar-refractivity contribution in [3.05, 3.63) is 88.1 Å². The molecule has 4 amide bonds. The van der Waals surface area contributed by atoms with Crippen LogP contribution in [0.5, 0.6) is 5.75 Å². The van der Waals surface area contributed by atoms with Gasteiger partial charge in [0.1, 0.15) is 30.3 Å². The maximum Gasteiger partial charge on any atom is 0.309 e. The first-order chi connectivity index (χ1) is 24.8. The average Bonchev–Trinajstić information content (AvgIpc) is 3.42. The van der Waals surface area contributed by atoms with Gasteiger partial charge in [0.25, 0.3) is 0 Å². The first-order valence-corrected chi connectivity index (χ1v) is 18.2. The van der Waals surface area contributed by atoms with Crippen molar-refractivity contribution in [1.82, 2.24) is 20.9 Å². The largest absolute Gasteiger partial charge is 0.494 e. The second kappa shape index (κ2) is 16.9. The molecule has 2 heterocycles. The molecule has 6 N–H and O–H groups in total. The lowest BCUT2D eigenvalue weighted by molar-refractivity contribution is -0.151. The number of para-hydroxylation sites is 1. The first-order valence-electron chi connectivity index (χ1n) is 17.3. The van der Waals surface area contributed by atoms with Crippen LogP contribution in [-0.4, -0.2) is 71.6 Å². The number of hydrogen-bond donors (Lipinski definition) is 5. The highest BCUT2D eigenvalue weighted by molar-refractivity contribution is 7.10. The van der Waals surface area contributed by atoms with Crippen LogP contribution in [0.4, 0.5) is 0 Å². The van der Waals surface area contributed by atoms with Crippen molar-refractivity contribution in [2.24, 2.45) is 17.1 Å². The zero-order valence-electron chi connectivity index (χ0n) is 29.6. The molecule has 276 valence electrons. The maximum atomic E-state index is 13.6. The number of rotatable bonds is 17. The van der Waals surface area contributed by atoms with E-state index in [9.17, 15) is 24.0 Å². The van der Waals surface area contributed by atoms with Gasteiger partial charge < -0.3 is 36.1 Å². The Labute approximate surface area is 307 Å². The third kappa shape index (κ3) is 9.75. The Kier molecular flexibility index (Phi) is 12.3. The quantitative estimate of drug-likeness (QED) is 0.0792. The molecule has 6 atom stereocenters. The molecule has 0 spiro atoms. The van der Waals surface area contributed by atoms with E-state index in [1.165, 1.54) is 11.3 Å². The summed E-state index contributed by atoms with van der Waals surface area (Å²) in [7, 11) is 0. The Balaban J connectivity index is 1.17. The zero-order valence-corrected chi connectivity index (χ0v) is 30.4. The summed E-state index contributed by atoms with van der Waals surface area (Å²) in [5, 5.41) is 17.8. The van der Waals surface area contributed by atoms with Crippen LogP contribution < -0.4 is 26.4 Å². The van der Waals surface area contributed by atoms with Crippen molar-refractivity contribution in [3.63, 3.8) is 0 Å². The van der Waals surface area contributed by atoms with Crippen molar-refractivity contribution >= 4 is 46.8 Å². The number of nitrogens with two attached hydrogens (primary N) is 1. The van der Waals surface area contributed by atoms with E-state index in [-0.39, 0.29) is 61.8 Å². The number of hydrogen-bond acceptors (Lipinski definition) is 9. The molecule has 5 rings (SSSR count). The van der Waals surface area contributed by atoms with Crippen molar-refractivity contribution in [1.29, 1.82) is 5.41 Å². The number of nitrogens with zero attached hydrogens (tertiary/aromatic N) is 1. The molecule has 0 bridgehead atoms. The highest BCUT2D eigenvalue weighted by Crippen LogP contribution is 2.59. The minimum Gasteiger partial charge on any atom is -0.494 e. The second-order valence-corrected chi connectivity index (χ2v) is 14.7. The van der Waals surface area contributed by atoms with Crippen molar-refractivity contribution < 1.29 is 33.4 Å². The average molecular weight is 731 g/mol. The van der Waals surface area contributed by atoms with Crippen LogP contribution in [0, 0.1) is 16.7 Å². The van der Waals surface area contributed by atoms with E-state index in [4.69, 9.17) is 20.6 Å². The Morgan fingerprint density at radius 3 is 2.38 bits per heavy atom. The third-order valence-electron chi connectivity index (χ3n) is 9.54. The Morgan fingerprint density at radius 2 is 1.71 bits per heavy atom. The lowest BCUT2D eigenvalue weighted by atomic mass is 10.0. The van der Waals surface area contributed by atoms with Gasteiger partial charge in [0.15, 0.2) is 0 Å². The molecule has 1 aliphatic carbocycles. The van der Waals surface area contributed by atoms with E-state index in [1.54, 1.807) is 35.4 Å². The summed E-state index contributed by atoms with van der Waals surface area (Å²) in [6.07, 6.45) is 1.15. The van der Waals surface area contributed by atoms with E-state index in [0.717, 1.165) is 16.9 Å². The van der Waals surface area contributed by atoms with E-state index < -0.39 is 41.7 Å². The van der Waals surface area contributed by atoms with Gasteiger partial charge in [0.05, 0.1) is 25.1 Å². The van der Waals surface area contributed by atoms with Gasteiger partial charge >= 0.3 is 5.97 Å². The smallest absolute Gasteiger partial charge is 0.309 e. The molecule has 2 unspecified atom stereocenters. The standard InChI is InChI=1S/C38H46N6O7S/c1-23(37(49)51-21-25-10-6-4-7-11-25)16-32(45)43-28(14-15-50-27-12-8-5-9-13-27)35(47)41-20-33(46)44-29(18-38(3)19-31(38)44)36(48)42-24(2)30-17-26(22-52-30)34(39)40/h4-13,17,22-24,28-29,31H,14-16,18-21H2,1-3H3,(H3,39,40)(H,41,47)(H,42,48)(H,43,45)/t23?,24-,28?,29+,31+,38-/m1/s1. The van der Waals surface area contributed by atoms with Crippen LogP contribution in [0.3, 0.4) is 0 Å². The van der Waals surface area contributed by atoms with Gasteiger partial charge in [-0.2, -0.15) is 0 Å². The number of amides is 4. The van der Waals surface area contributed by atoms with Crippen LogP contribution in [0.1, 0.15) is 68.5 Å². The van der Waals surface area contributed by atoms with Crippen LogP contribution in [0.25, 0.3) is 0 Å². The van der Waals surface area contributed by atoms with Gasteiger partial charge in [-0.3, -0.25) is 29.4 Å². The number of likely N-dealkylation sites (tertiary alicyclic amines) is 1. The minimum atomic E-state index is -1.06. The summed E-state index contributed by atoms with van der Waals surface area (Å²) in [5.41, 5.74) is 6.82. The number of fused-ring (bicyclic) bond motifs is 1. The van der Waals surface area contributed by atoms with Crippen molar-refractivity contribution in [2.45, 2.75) is 77.2 Å². The number of thiophene rings is 1. The van der Waals surface area contributed by atoms with E-state index in [0.29, 0.717) is 17.7 Å². The van der Waals surface area contributed by atoms with E-state index in [2.05, 4.69) is 16.0 Å². The number of esters is 1. The number of carbonyl (C=O) groups is 5. The molecular weight excluding hydrogens is 685 g/mol. The number of benzene rings is 2. The van der Waals surface area contributed by atoms with Crippen molar-refractivity contribution in [2.75, 3.05) is 13.2 Å². The fraction of sp³-hybridized carbons (Fsp3) is 0.421. The van der Waals surface area contributed by atoms with Crippen molar-refractivity contribution in [3.8, 4) is 5.75 Å². The molecule has 1 saturated carbocycles. The summed E-state index contributed by atoms with van der Waals surface area (Å²) in [4.78, 5) is 68.7. The van der Waals surface area contributed by atoms with Gasteiger partial charge in [0.2, 0.25) is 23.6 Å². The predicted molar refractivity (Wildman–Crippen MR) is 195 cm³/mol. The molecule has 0 radical (unpaired) electrons. The van der Waals surface area contributed by atoms with Crippen LogP contribution in [0.2, 0.25) is 0 Å². The minimum absolute atomic E-state index is 0.0528. The van der Waals surface area contributed by atoms with Gasteiger partial charge in [-0.25, -0.2) is 0 Å². The number of ether oxygens (including phenoxy) is 2. The maximum absolute atomic E-state index is 13.6. The summed E-state index contributed by atoms with van der Waals surface area (Å²) in [6, 6.07) is 17.7. The van der Waals surface area contributed by atoms with Gasteiger partial charge in [-0.05, 0) is 48.9 Å². The summed E-state index contributed by atoms with van der Waals surface area (Å²) in [6.45, 7) is 5.26. The highest BCUT2D eigenvalue weighted by Gasteiger charge is 2.64. The molecule has 2 aliphatic rings. The predicted octanol–water partition coefficient (Wildman–Crippen LogP) is 3.43. The molecule has 1 saturated heterocycles. The molecule has 2 aromatic carbocycles. The van der Waals surface area contributed by atoms with E-state index in [1.807, 2.05) is 62.4 Å². The second-order valence-electron chi connectivity index (χ2n) is 13.8. The number of carbonyl (C=O) groups excluding carboxylic acids is 5. The number of amidine groups is 1. The van der Waals surface area contributed by atoms with Crippen LogP contribution in [0.15, 0.2) is 72.1 Å². The summed E-state index contributed by atoms with van der Waals surface area (Å²) >= 11 is 1.39. The van der Waals surface area contributed by atoms with Gasteiger partial charge in [-0.1, -0.05) is 62.4 Å². The van der Waals surface area contributed by atoms with E-state index >= 15 is 0 Å². The normalized spacial score (nSPS) is 20.4. The molecule has 3 aromatic rings. The highest BCUT2D eigenvalue weighted by atomic mass is 32.1. The monoisotopic (exact) mass is 730 g/mol. The third-order valence-corrected chi connectivity index (χ3v) is 10.7. The fourth-order valence-electron chi connectivity index (χ4n) is 6.41. The van der Waals surface area contributed by atoms with Gasteiger partial charge in [0, 0.05) is 34.7 Å². The summed E-state index contributed by atoms with van der Waals surface area (Å²) < 4.78 is 11.1. The molecule has 52 heavy (non-hydrogen) atoms. The first kappa shape index (κ1) is 38.0. The topological polar surface area (TPSA) is 193 Å². The Hall–Kier alpha value is -5.24. The Morgan fingerprint density at radius 1 is 1.02 bits per heavy atom. The van der Waals surface area contributed by atoms with Crippen LogP contribution >= 0.6 is 11.3 Å². The molecule has 2 fully saturated rings. The molecule has 14 heteroatoms. The zero-order chi connectivity index (χ0) is 37.4. The lowest BCUT2D eigenvalue weighted by Gasteiger charge is -2.28. The van der Waals surface area contributed by atoms with Gasteiger partial charge in [-0.15, -0.1) is 11.3 Å². The fourth-order valence-corrected chi connectivity index (χ4v) is 7.32. The lowest BCUT2D eigenvalue weighted by Crippen LogP contribution is -2.53. The van der Waals surface area contributed by atoms with Crippen LogP contribution in [-0.2, 0) is 35.3 Å². The molecule has 13 nitrogen and oxygen atoms in total. The molecule has 1 aromatic heterocycles. The molecular formula is C38H46N6O7S. The number of nitrogen functional groups attached to an aromatic ring is 1. The number of piperidine rings is 1. The SMILES string of the molecule is CC(CC(=O)NC(CCOc1ccccc1)C(=O)NCC(=O)N1[C@H]2C[C@@]2(C)C[C@H]1C(=O)N[C@H](C)c1cc(C(=N)N)cs1)C(=O)OCc1ccccc1. The Bertz CT molecular complexity index is 1770. The number of nitrogens with one attached hydrogen (secondary N) is 4.